The number of carbonyl (C=O) groups is 1. The molecule has 2 atom stereocenters. The largest absolute Gasteiger partial charge is 0.491 e. The number of aliphatic hydroxyl groups excluding tert-OH is 1. The Morgan fingerprint density at radius 2 is 1.86 bits per heavy atom. The van der Waals surface area contributed by atoms with Gasteiger partial charge in [-0.15, -0.1) is 0 Å². The van der Waals surface area contributed by atoms with Gasteiger partial charge in [-0.1, -0.05) is 53.5 Å². The summed E-state index contributed by atoms with van der Waals surface area (Å²) < 4.78 is 11.9. The zero-order chi connectivity index (χ0) is 24.8. The Balaban J connectivity index is 1.30. The average Bonchev–Trinajstić information content (AvgIpc) is 3.27. The number of ether oxygens (including phenoxy) is 2. The van der Waals surface area contributed by atoms with E-state index in [9.17, 15) is 9.90 Å². The number of nitrogens with zero attached hydrogens (tertiary/aromatic N) is 1. The summed E-state index contributed by atoms with van der Waals surface area (Å²) >= 11 is 12.0. The molecule has 184 valence electrons. The van der Waals surface area contributed by atoms with Crippen molar-refractivity contribution in [1.82, 2.24) is 4.90 Å². The van der Waals surface area contributed by atoms with E-state index < -0.39 is 6.10 Å². The monoisotopic (exact) mass is 514 g/mol. The van der Waals surface area contributed by atoms with Crippen LogP contribution in [0.15, 0.2) is 66.7 Å². The lowest BCUT2D eigenvalue weighted by Gasteiger charge is -2.21. The van der Waals surface area contributed by atoms with Crippen LogP contribution in [0.5, 0.6) is 11.5 Å². The Kier molecular flexibility index (Phi) is 8.52. The van der Waals surface area contributed by atoms with Crippen LogP contribution in [0, 0.1) is 0 Å². The predicted octanol–water partition coefficient (Wildman–Crippen LogP) is 5.51. The molecule has 2 N–H and O–H groups in total. The number of aliphatic hydroxyl groups is 1. The second kappa shape index (κ2) is 11.8. The summed E-state index contributed by atoms with van der Waals surface area (Å²) in [5, 5.41) is 14.4. The summed E-state index contributed by atoms with van der Waals surface area (Å²) in [6.07, 6.45) is 0.206. The van der Waals surface area contributed by atoms with Gasteiger partial charge in [-0.05, 0) is 36.2 Å². The highest BCUT2D eigenvalue weighted by Crippen LogP contribution is 2.32. The Hall–Kier alpha value is -2.77. The molecule has 0 aliphatic carbocycles. The van der Waals surface area contributed by atoms with Gasteiger partial charge in [0.1, 0.15) is 30.3 Å². The van der Waals surface area contributed by atoms with Gasteiger partial charge >= 0.3 is 0 Å². The molecule has 3 aromatic rings. The van der Waals surface area contributed by atoms with E-state index in [0.29, 0.717) is 40.3 Å². The van der Waals surface area contributed by atoms with Crippen LogP contribution < -0.4 is 14.8 Å². The van der Waals surface area contributed by atoms with Crippen LogP contribution in [-0.2, 0) is 4.79 Å². The van der Waals surface area contributed by atoms with E-state index in [1.165, 1.54) is 6.92 Å². The summed E-state index contributed by atoms with van der Waals surface area (Å²) in [5.74, 6) is 1.10. The van der Waals surface area contributed by atoms with Gasteiger partial charge in [0.2, 0.25) is 5.91 Å². The highest BCUT2D eigenvalue weighted by Gasteiger charge is 2.26. The fourth-order valence-electron chi connectivity index (χ4n) is 4.12. The first-order valence-electron chi connectivity index (χ1n) is 11.5. The zero-order valence-electron chi connectivity index (χ0n) is 19.4. The van der Waals surface area contributed by atoms with Gasteiger partial charge in [0.15, 0.2) is 0 Å². The molecule has 1 saturated heterocycles. The molecule has 0 aromatic heterocycles. The fourth-order valence-corrected chi connectivity index (χ4v) is 4.41. The van der Waals surface area contributed by atoms with Crippen molar-refractivity contribution in [3.8, 4) is 22.6 Å². The minimum absolute atomic E-state index is 0.0195. The van der Waals surface area contributed by atoms with Crippen LogP contribution in [0.2, 0.25) is 10.0 Å². The van der Waals surface area contributed by atoms with Gasteiger partial charge in [0, 0.05) is 44.3 Å². The SMILES string of the molecule is CC(=O)Nc1cc(OCC(O)CN2CCC(Oc3ccc(Cl)c(Cl)c3)C2)ccc1-c1ccccc1. The lowest BCUT2D eigenvalue weighted by Crippen LogP contribution is -2.35. The molecule has 0 bridgehead atoms. The van der Waals surface area contributed by atoms with Crippen molar-refractivity contribution in [2.75, 3.05) is 31.6 Å². The van der Waals surface area contributed by atoms with E-state index >= 15 is 0 Å². The molecule has 3 aromatic carbocycles. The average molecular weight is 515 g/mol. The predicted molar refractivity (Wildman–Crippen MR) is 140 cm³/mol. The van der Waals surface area contributed by atoms with Crippen LogP contribution in [0.25, 0.3) is 11.1 Å². The number of nitrogens with one attached hydrogen (secondary N) is 1. The fraction of sp³-hybridized carbons (Fsp3) is 0.296. The number of rotatable bonds is 9. The van der Waals surface area contributed by atoms with Crippen molar-refractivity contribution in [1.29, 1.82) is 0 Å². The van der Waals surface area contributed by atoms with Gasteiger partial charge in [-0.3, -0.25) is 9.69 Å². The van der Waals surface area contributed by atoms with Gasteiger partial charge < -0.3 is 19.9 Å². The van der Waals surface area contributed by atoms with Crippen LogP contribution in [0.3, 0.4) is 0 Å². The molecule has 35 heavy (non-hydrogen) atoms. The summed E-state index contributed by atoms with van der Waals surface area (Å²) in [4.78, 5) is 13.9. The van der Waals surface area contributed by atoms with Crippen LogP contribution in [-0.4, -0.2) is 54.4 Å². The Morgan fingerprint density at radius 3 is 2.60 bits per heavy atom. The maximum Gasteiger partial charge on any atom is 0.221 e. The molecule has 0 radical (unpaired) electrons. The molecular weight excluding hydrogens is 487 g/mol. The second-order valence-electron chi connectivity index (χ2n) is 8.58. The number of carbonyl (C=O) groups excluding carboxylic acids is 1. The van der Waals surface area contributed by atoms with Crippen LogP contribution in [0.1, 0.15) is 13.3 Å². The first-order chi connectivity index (χ1) is 16.9. The van der Waals surface area contributed by atoms with Crippen molar-refractivity contribution in [3.05, 3.63) is 76.8 Å². The molecule has 2 unspecified atom stereocenters. The summed E-state index contributed by atoms with van der Waals surface area (Å²) in [5.41, 5.74) is 2.56. The normalized spacial score (nSPS) is 16.6. The third-order valence-corrected chi connectivity index (χ3v) is 6.46. The third-order valence-electron chi connectivity index (χ3n) is 5.72. The van der Waals surface area contributed by atoms with E-state index in [4.69, 9.17) is 32.7 Å². The lowest BCUT2D eigenvalue weighted by atomic mass is 10.0. The number of benzene rings is 3. The molecule has 1 heterocycles. The van der Waals surface area contributed by atoms with Gasteiger partial charge in [0.05, 0.1) is 15.7 Å². The summed E-state index contributed by atoms with van der Waals surface area (Å²) in [6.45, 7) is 3.61. The number of amides is 1. The number of hydrogen-bond donors (Lipinski definition) is 2. The van der Waals surface area contributed by atoms with Crippen LogP contribution >= 0.6 is 23.2 Å². The lowest BCUT2D eigenvalue weighted by molar-refractivity contribution is -0.114. The maximum atomic E-state index is 11.7. The van der Waals surface area contributed by atoms with E-state index in [-0.39, 0.29) is 18.6 Å². The topological polar surface area (TPSA) is 71.0 Å². The van der Waals surface area contributed by atoms with E-state index in [0.717, 1.165) is 24.1 Å². The second-order valence-corrected chi connectivity index (χ2v) is 9.40. The zero-order valence-corrected chi connectivity index (χ0v) is 20.9. The molecule has 0 saturated carbocycles. The number of halogens is 2. The molecular formula is C27H28Cl2N2O4. The van der Waals surface area contributed by atoms with Crippen molar-refractivity contribution >= 4 is 34.8 Å². The Labute approximate surface area is 215 Å². The molecule has 1 fully saturated rings. The van der Waals surface area contributed by atoms with Crippen molar-refractivity contribution in [2.24, 2.45) is 0 Å². The van der Waals surface area contributed by atoms with E-state index in [1.807, 2.05) is 42.5 Å². The number of β-amino-alcohol motifs (C(OH)–C–C–N with tert-alkyl or cyclic N) is 1. The van der Waals surface area contributed by atoms with Gasteiger partial charge in [0.25, 0.3) is 0 Å². The smallest absolute Gasteiger partial charge is 0.221 e. The molecule has 4 rings (SSSR count). The Morgan fingerprint density at radius 1 is 1.09 bits per heavy atom. The first kappa shape index (κ1) is 25.3. The first-order valence-corrected chi connectivity index (χ1v) is 12.2. The quantitative estimate of drug-likeness (QED) is 0.393. The van der Waals surface area contributed by atoms with Crippen LogP contribution in [0.4, 0.5) is 5.69 Å². The molecule has 1 aliphatic rings. The highest BCUT2D eigenvalue weighted by atomic mass is 35.5. The summed E-state index contributed by atoms with van der Waals surface area (Å²) in [6, 6.07) is 20.6. The molecule has 1 amide bonds. The van der Waals surface area contributed by atoms with Gasteiger partial charge in [-0.2, -0.15) is 0 Å². The highest BCUT2D eigenvalue weighted by molar-refractivity contribution is 6.42. The van der Waals surface area contributed by atoms with E-state index in [2.05, 4.69) is 10.2 Å². The standard InChI is InChI=1S/C27H28Cl2N2O4/c1-18(32)30-27-14-21(7-9-24(27)19-5-3-2-4-6-19)34-17-20(33)15-31-12-11-23(16-31)35-22-8-10-25(28)26(29)13-22/h2-10,13-14,20,23,33H,11-12,15-17H2,1H3,(H,30,32). The Bertz CT molecular complexity index is 1160. The third kappa shape index (κ3) is 7.12. The molecule has 1 aliphatic heterocycles. The number of anilines is 1. The van der Waals surface area contributed by atoms with Crippen molar-refractivity contribution in [3.63, 3.8) is 0 Å². The minimum Gasteiger partial charge on any atom is -0.491 e. The maximum absolute atomic E-state index is 11.7. The van der Waals surface area contributed by atoms with Crippen molar-refractivity contribution < 1.29 is 19.4 Å². The summed E-state index contributed by atoms with van der Waals surface area (Å²) in [7, 11) is 0. The minimum atomic E-state index is -0.670. The number of likely N-dealkylation sites (tertiary alicyclic amines) is 1. The van der Waals surface area contributed by atoms with E-state index in [1.54, 1.807) is 24.3 Å². The molecule has 0 spiro atoms. The van der Waals surface area contributed by atoms with Gasteiger partial charge in [-0.25, -0.2) is 0 Å². The molecule has 6 nitrogen and oxygen atoms in total. The molecule has 8 heteroatoms. The van der Waals surface area contributed by atoms with Crippen molar-refractivity contribution in [2.45, 2.75) is 25.6 Å². The number of hydrogen-bond acceptors (Lipinski definition) is 5.